The zero-order chi connectivity index (χ0) is 5.82. The normalized spacial score (nSPS) is 8.62. The van der Waals surface area contributed by atoms with Crippen molar-refractivity contribution in [2.24, 2.45) is 0 Å². The summed E-state index contributed by atoms with van der Waals surface area (Å²) in [6, 6.07) is 0. The van der Waals surface area contributed by atoms with Crippen LogP contribution in [0.15, 0.2) is 15.3 Å². The highest BCUT2D eigenvalue weighted by Crippen LogP contribution is 2.00. The average Bonchev–Trinajstić information content (AvgIpc) is 1.90. The second kappa shape index (κ2) is 2.15. The second-order valence-electron chi connectivity index (χ2n) is 1.07. The quantitative estimate of drug-likeness (QED) is 0.569. The van der Waals surface area contributed by atoms with Crippen LogP contribution < -0.4 is 4.74 Å². The minimum Gasteiger partial charge on any atom is -0.466 e. The number of rotatable bonds is 1. The molecule has 0 bridgehead atoms. The number of hydrogen-bond donors (Lipinski definition) is 2. The Morgan fingerprint density at radius 1 is 1.75 bits per heavy atom. The highest BCUT2D eigenvalue weighted by molar-refractivity contribution is 4.88. The molecule has 8 heavy (non-hydrogen) atoms. The molecule has 0 spiro atoms. The van der Waals surface area contributed by atoms with Crippen molar-refractivity contribution in [3.63, 3.8) is 0 Å². The summed E-state index contributed by atoms with van der Waals surface area (Å²) in [6.45, 7) is 0. The van der Waals surface area contributed by atoms with Crippen molar-refractivity contribution in [2.45, 2.75) is 0 Å². The van der Waals surface area contributed by atoms with E-state index >= 15 is 0 Å². The van der Waals surface area contributed by atoms with Gasteiger partial charge in [-0.25, -0.2) is 0 Å². The summed E-state index contributed by atoms with van der Waals surface area (Å²) < 4.78 is 13.5. The number of ether oxygens (including phenoxy) is 1. The lowest BCUT2D eigenvalue weighted by molar-refractivity contribution is 0.0866. The Hall–Kier alpha value is -1.26. The van der Waals surface area contributed by atoms with Gasteiger partial charge in [-0.2, -0.15) is 5.16 Å². The molecule has 46 valence electrons. The lowest BCUT2D eigenvalue weighted by Crippen LogP contribution is -1.83. The molecule has 2 N–H and O–H groups in total. The molecule has 0 radical (unpaired) electrons. The van der Waals surface area contributed by atoms with Gasteiger partial charge in [0.1, 0.15) is 6.20 Å². The van der Waals surface area contributed by atoms with Gasteiger partial charge in [0.05, 0.1) is 7.11 Å². The van der Waals surface area contributed by atoms with Crippen LogP contribution in [-0.2, 0) is 0 Å². The topological polar surface area (TPSA) is 67.1 Å². The molecule has 0 saturated heterocycles. The fourth-order valence-corrected chi connectivity index (χ4v) is 0.294. The van der Waals surface area contributed by atoms with Gasteiger partial charge in [-0.3, -0.25) is 4.63 Å². The van der Waals surface area contributed by atoms with E-state index in [0.717, 1.165) is 0 Å². The molecule has 0 aliphatic carbocycles. The molecule has 0 unspecified atom stereocenters. The summed E-state index contributed by atoms with van der Waals surface area (Å²) in [5, 5.41) is 4.44. The molecular formula is C3H6N2O3. The van der Waals surface area contributed by atoms with Crippen LogP contribution in [0.3, 0.4) is 0 Å². The van der Waals surface area contributed by atoms with Crippen molar-refractivity contribution in [3.8, 4) is 5.95 Å². The van der Waals surface area contributed by atoms with Crippen LogP contribution in [0.25, 0.3) is 0 Å². The summed E-state index contributed by atoms with van der Waals surface area (Å²) in [5.41, 5.74) is 0. The first-order chi connectivity index (χ1) is 3.93. The van der Waals surface area contributed by atoms with E-state index in [1.54, 1.807) is 0 Å². The van der Waals surface area contributed by atoms with E-state index in [4.69, 9.17) is 0 Å². The number of aromatic nitrogens is 2. The van der Waals surface area contributed by atoms with Gasteiger partial charge in [0.15, 0.2) is 0 Å². The van der Waals surface area contributed by atoms with Gasteiger partial charge in [-0.1, -0.05) is 5.33 Å². The molecule has 0 aliphatic heterocycles. The van der Waals surface area contributed by atoms with E-state index in [9.17, 15) is 0 Å². The fraction of sp³-hybridized carbons (Fsp3) is 0.333. The maximum atomic E-state index is 4.62. The third kappa shape index (κ3) is 0.868. The Balaban J connectivity index is 2.83. The van der Waals surface area contributed by atoms with Gasteiger partial charge in [-0.15, -0.1) is 0 Å². The first kappa shape index (κ1) is 4.89. The average molecular weight is 118 g/mol. The maximum absolute atomic E-state index is 4.62. The van der Waals surface area contributed by atoms with Crippen LogP contribution in [0.1, 0.15) is 0 Å². The minimum atomic E-state index is 0.330. The number of aromatic amines is 2. The standard InChI is InChI=1S/C3H6N2O3/c1-6-3-2-4-8-5-7-3/h2,4-5H,1H3. The summed E-state index contributed by atoms with van der Waals surface area (Å²) >= 11 is 0. The summed E-state index contributed by atoms with van der Waals surface area (Å²) in [6.07, 6.45) is 1.43. The van der Waals surface area contributed by atoms with Crippen LogP contribution in [-0.4, -0.2) is 17.6 Å². The van der Waals surface area contributed by atoms with Gasteiger partial charge in [-0.05, 0) is 0 Å². The Labute approximate surface area is 44.8 Å². The minimum absolute atomic E-state index is 0.330. The predicted molar refractivity (Wildman–Crippen MR) is 23.9 cm³/mol. The molecule has 0 amide bonds. The Morgan fingerprint density at radius 3 is 3.00 bits per heavy atom. The predicted octanol–water partition coefficient (Wildman–Crippen LogP) is 0.662. The number of nitrogens with one attached hydrogen (secondary N) is 2. The van der Waals surface area contributed by atoms with Crippen molar-refractivity contribution >= 4 is 0 Å². The highest BCUT2D eigenvalue weighted by atomic mass is 16.8. The molecule has 1 aromatic heterocycles. The van der Waals surface area contributed by atoms with Crippen molar-refractivity contribution in [1.82, 2.24) is 10.5 Å². The van der Waals surface area contributed by atoms with E-state index < -0.39 is 0 Å². The third-order valence-electron chi connectivity index (χ3n) is 0.621. The molecular weight excluding hydrogens is 112 g/mol. The van der Waals surface area contributed by atoms with Crippen molar-refractivity contribution in [1.29, 1.82) is 0 Å². The number of hydrogen-bond acceptors (Lipinski definition) is 3. The van der Waals surface area contributed by atoms with Gasteiger partial charge in [0.25, 0.3) is 0 Å². The largest absolute Gasteiger partial charge is 0.466 e. The van der Waals surface area contributed by atoms with Gasteiger partial charge < -0.3 is 9.26 Å². The Morgan fingerprint density at radius 2 is 2.62 bits per heavy atom. The number of H-pyrrole nitrogens is 2. The molecule has 0 aromatic carbocycles. The molecule has 0 saturated carbocycles. The van der Waals surface area contributed by atoms with Crippen molar-refractivity contribution < 1.29 is 13.9 Å². The molecule has 0 fully saturated rings. The van der Waals surface area contributed by atoms with Crippen molar-refractivity contribution in [2.75, 3.05) is 7.11 Å². The lowest BCUT2D eigenvalue weighted by Gasteiger charge is -1.92. The smallest absolute Gasteiger partial charge is 0.329 e. The van der Waals surface area contributed by atoms with E-state index in [1.807, 2.05) is 0 Å². The first-order valence-corrected chi connectivity index (χ1v) is 2.01. The highest BCUT2D eigenvalue weighted by Gasteiger charge is 1.85. The van der Waals surface area contributed by atoms with Crippen molar-refractivity contribution in [3.05, 3.63) is 6.20 Å². The van der Waals surface area contributed by atoms with E-state index in [0.29, 0.717) is 5.95 Å². The molecule has 1 heterocycles. The fourth-order valence-electron chi connectivity index (χ4n) is 0.294. The summed E-state index contributed by atoms with van der Waals surface area (Å²) in [7, 11) is 1.49. The Kier molecular flexibility index (Phi) is 1.32. The summed E-state index contributed by atoms with van der Waals surface area (Å²) in [4.78, 5) is 0. The van der Waals surface area contributed by atoms with Gasteiger partial charge in [0.2, 0.25) is 0 Å². The number of methoxy groups -OCH3 is 1. The SMILES string of the molecule is COc1c[nH]o[nH]o1. The Bertz CT molecular complexity index is 154. The molecule has 5 nitrogen and oxygen atoms in total. The lowest BCUT2D eigenvalue weighted by atomic mass is 10.9. The van der Waals surface area contributed by atoms with E-state index in [-0.39, 0.29) is 0 Å². The zero-order valence-corrected chi connectivity index (χ0v) is 4.30. The van der Waals surface area contributed by atoms with Gasteiger partial charge in [0, 0.05) is 0 Å². The molecule has 1 aromatic rings. The van der Waals surface area contributed by atoms with Crippen LogP contribution in [0.5, 0.6) is 5.95 Å². The molecule has 0 aliphatic rings. The van der Waals surface area contributed by atoms with Crippen LogP contribution in [0.4, 0.5) is 0 Å². The molecule has 1 rings (SSSR count). The van der Waals surface area contributed by atoms with Gasteiger partial charge >= 0.3 is 5.95 Å². The van der Waals surface area contributed by atoms with E-state index in [1.165, 1.54) is 13.3 Å². The zero-order valence-electron chi connectivity index (χ0n) is 4.30. The summed E-state index contributed by atoms with van der Waals surface area (Å²) in [5.74, 6) is 0.330. The van der Waals surface area contributed by atoms with Crippen LogP contribution in [0.2, 0.25) is 0 Å². The third-order valence-corrected chi connectivity index (χ3v) is 0.621. The maximum Gasteiger partial charge on any atom is 0.329 e. The first-order valence-electron chi connectivity index (χ1n) is 2.01. The van der Waals surface area contributed by atoms with Crippen LogP contribution in [0, 0.1) is 0 Å². The van der Waals surface area contributed by atoms with E-state index in [2.05, 4.69) is 24.4 Å². The monoisotopic (exact) mass is 118 g/mol. The van der Waals surface area contributed by atoms with Crippen LogP contribution >= 0.6 is 0 Å². The molecule has 0 atom stereocenters. The second-order valence-corrected chi connectivity index (χ2v) is 1.07. The molecule has 5 heteroatoms.